The van der Waals surface area contributed by atoms with E-state index in [-0.39, 0.29) is 12.1 Å². The Morgan fingerprint density at radius 1 is 1.31 bits per heavy atom. The van der Waals surface area contributed by atoms with E-state index in [2.05, 4.69) is 0 Å². The van der Waals surface area contributed by atoms with Crippen molar-refractivity contribution in [2.45, 2.75) is 39.9 Å². The molecule has 0 fully saturated rings. The maximum absolute atomic E-state index is 10.3. The van der Waals surface area contributed by atoms with Crippen LogP contribution in [0.5, 0.6) is 0 Å². The summed E-state index contributed by atoms with van der Waals surface area (Å²) in [6, 6.07) is 0. The molecule has 0 heterocycles. The van der Waals surface area contributed by atoms with Crippen LogP contribution in [0.15, 0.2) is 0 Å². The van der Waals surface area contributed by atoms with Crippen molar-refractivity contribution in [2.24, 2.45) is 0 Å². The molecule has 0 aliphatic carbocycles. The Morgan fingerprint density at radius 2 is 1.75 bits per heavy atom. The van der Waals surface area contributed by atoms with Gasteiger partial charge >= 0.3 is 11.9 Å². The lowest BCUT2D eigenvalue weighted by Gasteiger charge is -2.10. The molecule has 96 valence electrons. The van der Waals surface area contributed by atoms with Crippen LogP contribution in [-0.2, 0) is 19.1 Å². The number of hydrogen-bond donors (Lipinski definition) is 2. The minimum absolute atomic E-state index is 0.127. The molecular weight excluding hydrogens is 216 g/mol. The van der Waals surface area contributed by atoms with Crippen LogP contribution in [-0.4, -0.2) is 47.6 Å². The van der Waals surface area contributed by atoms with E-state index in [0.717, 1.165) is 0 Å². The number of aliphatic carboxylic acids is 1. The molecule has 0 saturated heterocycles. The molecule has 0 saturated carbocycles. The van der Waals surface area contributed by atoms with Gasteiger partial charge in [-0.05, 0) is 20.8 Å². The van der Waals surface area contributed by atoms with Crippen molar-refractivity contribution in [3.63, 3.8) is 0 Å². The number of hydrogen-bond acceptors (Lipinski definition) is 5. The number of aliphatic hydroxyl groups is 1. The molecular formula is C10H20O6. The average molecular weight is 236 g/mol. The SMILES string of the molecule is CC(O)C(=O)O.CCOCC(C)OC(C)=O. The average Bonchev–Trinajstić information content (AvgIpc) is 2.14. The minimum atomic E-state index is -1.23. The summed E-state index contributed by atoms with van der Waals surface area (Å²) in [4.78, 5) is 19.8. The zero-order valence-electron chi connectivity index (χ0n) is 10.1. The van der Waals surface area contributed by atoms with E-state index in [1.165, 1.54) is 13.8 Å². The molecule has 0 amide bonds. The lowest BCUT2D eigenvalue weighted by atomic mass is 10.4. The lowest BCUT2D eigenvalue weighted by Crippen LogP contribution is -2.18. The number of carboxylic acids is 1. The van der Waals surface area contributed by atoms with Crippen molar-refractivity contribution in [3.05, 3.63) is 0 Å². The first-order chi connectivity index (χ1) is 7.31. The number of aliphatic hydroxyl groups excluding tert-OH is 1. The monoisotopic (exact) mass is 236 g/mol. The molecule has 0 aromatic carbocycles. The van der Waals surface area contributed by atoms with Crippen molar-refractivity contribution in [2.75, 3.05) is 13.2 Å². The van der Waals surface area contributed by atoms with Crippen LogP contribution < -0.4 is 0 Å². The minimum Gasteiger partial charge on any atom is -0.479 e. The molecule has 0 aliphatic rings. The number of carbonyl (C=O) groups excluding carboxylic acids is 1. The summed E-state index contributed by atoms with van der Waals surface area (Å²) in [7, 11) is 0. The topological polar surface area (TPSA) is 93.1 Å². The number of carbonyl (C=O) groups is 2. The summed E-state index contributed by atoms with van der Waals surface area (Å²) in [6.07, 6.45) is -1.36. The Labute approximate surface area is 95.2 Å². The first-order valence-corrected chi connectivity index (χ1v) is 4.97. The standard InChI is InChI=1S/C7H14O3.C3H6O3/c1-4-9-5-6(2)10-7(3)8;1-2(4)3(5)6/h6H,4-5H2,1-3H3;2,4H,1H3,(H,5,6). The quantitative estimate of drug-likeness (QED) is 0.672. The molecule has 6 nitrogen and oxygen atoms in total. The third-order valence-electron chi connectivity index (χ3n) is 1.28. The van der Waals surface area contributed by atoms with E-state index >= 15 is 0 Å². The molecule has 0 spiro atoms. The van der Waals surface area contributed by atoms with Crippen molar-refractivity contribution in [1.29, 1.82) is 0 Å². The Morgan fingerprint density at radius 3 is 2.00 bits per heavy atom. The van der Waals surface area contributed by atoms with Gasteiger partial charge in [0, 0.05) is 13.5 Å². The van der Waals surface area contributed by atoms with Crippen LogP contribution in [0, 0.1) is 0 Å². The zero-order chi connectivity index (χ0) is 13.1. The molecule has 0 radical (unpaired) electrons. The van der Waals surface area contributed by atoms with E-state index in [0.29, 0.717) is 13.2 Å². The van der Waals surface area contributed by atoms with E-state index in [1.807, 2.05) is 6.92 Å². The highest BCUT2D eigenvalue weighted by atomic mass is 16.6. The van der Waals surface area contributed by atoms with E-state index in [9.17, 15) is 9.59 Å². The van der Waals surface area contributed by atoms with E-state index < -0.39 is 12.1 Å². The molecule has 16 heavy (non-hydrogen) atoms. The summed E-state index contributed by atoms with van der Waals surface area (Å²) in [5.41, 5.74) is 0. The van der Waals surface area contributed by atoms with Gasteiger partial charge in [-0.2, -0.15) is 0 Å². The van der Waals surface area contributed by atoms with Gasteiger partial charge in [-0.25, -0.2) is 4.79 Å². The summed E-state index contributed by atoms with van der Waals surface area (Å²) in [5.74, 6) is -1.44. The van der Waals surface area contributed by atoms with Gasteiger partial charge in [0.25, 0.3) is 0 Å². The summed E-state index contributed by atoms with van der Waals surface area (Å²) in [5, 5.41) is 15.8. The van der Waals surface area contributed by atoms with E-state index in [4.69, 9.17) is 19.7 Å². The maximum Gasteiger partial charge on any atom is 0.332 e. The predicted molar refractivity (Wildman–Crippen MR) is 57.0 cm³/mol. The maximum atomic E-state index is 10.3. The second-order valence-electron chi connectivity index (χ2n) is 3.09. The smallest absolute Gasteiger partial charge is 0.332 e. The highest BCUT2D eigenvalue weighted by Crippen LogP contribution is 1.91. The molecule has 2 atom stereocenters. The third-order valence-corrected chi connectivity index (χ3v) is 1.28. The molecule has 0 aliphatic heterocycles. The van der Waals surface area contributed by atoms with Crippen LogP contribution in [0.1, 0.15) is 27.7 Å². The number of ether oxygens (including phenoxy) is 2. The number of rotatable bonds is 5. The molecule has 6 heteroatoms. The third kappa shape index (κ3) is 15.3. The molecule has 0 aromatic heterocycles. The van der Waals surface area contributed by atoms with Gasteiger partial charge < -0.3 is 19.7 Å². The van der Waals surface area contributed by atoms with Gasteiger partial charge in [-0.3, -0.25) is 4.79 Å². The van der Waals surface area contributed by atoms with E-state index in [1.54, 1.807) is 6.92 Å². The van der Waals surface area contributed by atoms with Gasteiger partial charge in [0.05, 0.1) is 6.61 Å². The van der Waals surface area contributed by atoms with Crippen molar-refractivity contribution < 1.29 is 29.3 Å². The first-order valence-electron chi connectivity index (χ1n) is 4.97. The fourth-order valence-electron chi connectivity index (χ4n) is 0.601. The highest BCUT2D eigenvalue weighted by Gasteiger charge is 2.03. The second kappa shape index (κ2) is 10.4. The second-order valence-corrected chi connectivity index (χ2v) is 3.09. The fraction of sp³-hybridized carbons (Fsp3) is 0.800. The fourth-order valence-corrected chi connectivity index (χ4v) is 0.601. The van der Waals surface area contributed by atoms with Gasteiger partial charge in [-0.1, -0.05) is 0 Å². The summed E-state index contributed by atoms with van der Waals surface area (Å²) in [6.45, 7) is 7.43. The molecule has 0 rings (SSSR count). The lowest BCUT2D eigenvalue weighted by molar-refractivity contribution is -0.148. The first kappa shape index (κ1) is 17.3. The Bertz CT molecular complexity index is 201. The van der Waals surface area contributed by atoms with Crippen molar-refractivity contribution in [1.82, 2.24) is 0 Å². The van der Waals surface area contributed by atoms with Crippen LogP contribution in [0.2, 0.25) is 0 Å². The Balaban J connectivity index is 0. The van der Waals surface area contributed by atoms with Gasteiger partial charge in [0.2, 0.25) is 0 Å². The molecule has 0 bridgehead atoms. The van der Waals surface area contributed by atoms with Gasteiger partial charge in [0.1, 0.15) is 12.2 Å². The normalized spacial score (nSPS) is 13.1. The van der Waals surface area contributed by atoms with Gasteiger partial charge in [-0.15, -0.1) is 0 Å². The van der Waals surface area contributed by atoms with Gasteiger partial charge in [0.15, 0.2) is 0 Å². The molecule has 2 unspecified atom stereocenters. The van der Waals surface area contributed by atoms with Crippen LogP contribution in [0.3, 0.4) is 0 Å². The van der Waals surface area contributed by atoms with Crippen LogP contribution in [0.4, 0.5) is 0 Å². The Kier molecular flexibility index (Phi) is 11.2. The molecule has 2 N–H and O–H groups in total. The zero-order valence-corrected chi connectivity index (χ0v) is 10.1. The van der Waals surface area contributed by atoms with Crippen molar-refractivity contribution in [3.8, 4) is 0 Å². The van der Waals surface area contributed by atoms with Crippen LogP contribution >= 0.6 is 0 Å². The van der Waals surface area contributed by atoms with Crippen LogP contribution in [0.25, 0.3) is 0 Å². The highest BCUT2D eigenvalue weighted by molar-refractivity contribution is 5.71. The van der Waals surface area contributed by atoms with Crippen molar-refractivity contribution >= 4 is 11.9 Å². The number of esters is 1. The number of carboxylic acid groups (broad SMARTS) is 1. The molecule has 0 aromatic rings. The largest absolute Gasteiger partial charge is 0.479 e. The summed E-state index contributed by atoms with van der Waals surface area (Å²) < 4.78 is 9.81. The summed E-state index contributed by atoms with van der Waals surface area (Å²) >= 11 is 0. The predicted octanol–water partition coefficient (Wildman–Crippen LogP) is 0.426. The Hall–Kier alpha value is -1.14.